The average molecular weight is 343 g/mol. The van der Waals surface area contributed by atoms with Gasteiger partial charge in [-0.2, -0.15) is 5.10 Å². The molecule has 3 rings (SSSR count). The molecular weight excluding hydrogens is 318 g/mol. The Morgan fingerprint density at radius 1 is 1.32 bits per heavy atom. The molecule has 2 heterocycles. The van der Waals surface area contributed by atoms with Crippen molar-refractivity contribution in [3.8, 4) is 0 Å². The van der Waals surface area contributed by atoms with E-state index >= 15 is 0 Å². The van der Waals surface area contributed by atoms with E-state index in [1.807, 2.05) is 25.4 Å². The molecule has 7 heteroatoms. The van der Waals surface area contributed by atoms with Crippen molar-refractivity contribution < 1.29 is 9.53 Å². The summed E-state index contributed by atoms with van der Waals surface area (Å²) >= 11 is 0. The zero-order valence-corrected chi connectivity index (χ0v) is 14.7. The lowest BCUT2D eigenvalue weighted by atomic mass is 10.1. The van der Waals surface area contributed by atoms with Gasteiger partial charge < -0.3 is 20.3 Å². The molecule has 1 aromatic heterocycles. The number of para-hydroxylation sites is 1. The van der Waals surface area contributed by atoms with E-state index in [0.29, 0.717) is 6.54 Å². The predicted octanol–water partition coefficient (Wildman–Crippen LogP) is 0.834. The van der Waals surface area contributed by atoms with Gasteiger partial charge in [-0.25, -0.2) is 0 Å². The second-order valence-electron chi connectivity index (χ2n) is 6.11. The van der Waals surface area contributed by atoms with E-state index in [2.05, 4.69) is 32.8 Å². The topological polar surface area (TPSA) is 71.4 Å². The zero-order chi connectivity index (χ0) is 17.6. The first-order chi connectivity index (χ1) is 12.2. The van der Waals surface area contributed by atoms with Gasteiger partial charge in [0.2, 0.25) is 5.91 Å². The summed E-state index contributed by atoms with van der Waals surface area (Å²) in [5.74, 6) is -0.0627. The third kappa shape index (κ3) is 4.18. The fourth-order valence-corrected chi connectivity index (χ4v) is 3.10. The molecule has 0 radical (unpaired) electrons. The van der Waals surface area contributed by atoms with E-state index in [1.54, 1.807) is 17.9 Å². The van der Waals surface area contributed by atoms with Crippen molar-refractivity contribution in [2.75, 3.05) is 38.3 Å². The average Bonchev–Trinajstić information content (AvgIpc) is 3.07. The SMILES string of the molecule is CNC(C(=O)NCc1ccccc1N1CCOCC1)c1cnn(C)c1. The highest BCUT2D eigenvalue weighted by atomic mass is 16.5. The summed E-state index contributed by atoms with van der Waals surface area (Å²) in [6.45, 7) is 3.72. The van der Waals surface area contributed by atoms with Crippen LogP contribution in [0.5, 0.6) is 0 Å². The van der Waals surface area contributed by atoms with Gasteiger partial charge in [0.05, 0.1) is 19.4 Å². The number of nitrogens with one attached hydrogen (secondary N) is 2. The van der Waals surface area contributed by atoms with Gasteiger partial charge in [0.1, 0.15) is 6.04 Å². The van der Waals surface area contributed by atoms with Crippen LogP contribution in [0.25, 0.3) is 0 Å². The van der Waals surface area contributed by atoms with Gasteiger partial charge in [0, 0.05) is 44.1 Å². The number of hydrogen-bond acceptors (Lipinski definition) is 5. The Morgan fingerprint density at radius 2 is 2.08 bits per heavy atom. The molecule has 7 nitrogen and oxygen atoms in total. The van der Waals surface area contributed by atoms with Gasteiger partial charge in [-0.3, -0.25) is 9.48 Å². The number of anilines is 1. The highest BCUT2D eigenvalue weighted by Gasteiger charge is 2.21. The molecule has 25 heavy (non-hydrogen) atoms. The van der Waals surface area contributed by atoms with E-state index in [1.165, 1.54) is 0 Å². The molecule has 1 aromatic carbocycles. The summed E-state index contributed by atoms with van der Waals surface area (Å²) < 4.78 is 7.12. The van der Waals surface area contributed by atoms with Gasteiger partial charge in [-0.1, -0.05) is 18.2 Å². The number of rotatable bonds is 6. The minimum atomic E-state index is -0.413. The highest BCUT2D eigenvalue weighted by Crippen LogP contribution is 2.21. The molecule has 0 spiro atoms. The fraction of sp³-hybridized carbons (Fsp3) is 0.444. The van der Waals surface area contributed by atoms with Crippen LogP contribution in [0.1, 0.15) is 17.2 Å². The van der Waals surface area contributed by atoms with Crippen molar-refractivity contribution in [2.45, 2.75) is 12.6 Å². The first kappa shape index (κ1) is 17.4. The van der Waals surface area contributed by atoms with Crippen LogP contribution in [0.3, 0.4) is 0 Å². The number of likely N-dealkylation sites (N-methyl/N-ethyl adjacent to an activating group) is 1. The van der Waals surface area contributed by atoms with Crippen LogP contribution in [0.4, 0.5) is 5.69 Å². The molecule has 1 saturated heterocycles. The minimum absolute atomic E-state index is 0.0627. The van der Waals surface area contributed by atoms with Gasteiger partial charge in [-0.15, -0.1) is 0 Å². The lowest BCUT2D eigenvalue weighted by molar-refractivity contribution is -0.123. The number of aryl methyl sites for hydroxylation is 1. The highest BCUT2D eigenvalue weighted by molar-refractivity contribution is 5.83. The van der Waals surface area contributed by atoms with Crippen molar-refractivity contribution in [3.05, 3.63) is 47.8 Å². The summed E-state index contributed by atoms with van der Waals surface area (Å²) in [6.07, 6.45) is 3.56. The van der Waals surface area contributed by atoms with Gasteiger partial charge in [0.15, 0.2) is 0 Å². The Labute approximate surface area is 148 Å². The Morgan fingerprint density at radius 3 is 2.76 bits per heavy atom. The van der Waals surface area contributed by atoms with Gasteiger partial charge in [0.25, 0.3) is 0 Å². The van der Waals surface area contributed by atoms with Crippen molar-refractivity contribution in [2.24, 2.45) is 7.05 Å². The molecule has 2 aromatic rings. The number of nitrogens with zero attached hydrogens (tertiary/aromatic N) is 3. The van der Waals surface area contributed by atoms with Crippen LogP contribution in [-0.2, 0) is 23.1 Å². The maximum atomic E-state index is 12.6. The Bertz CT molecular complexity index is 709. The number of aromatic nitrogens is 2. The van der Waals surface area contributed by atoms with Crippen LogP contribution in [0.15, 0.2) is 36.7 Å². The fourth-order valence-electron chi connectivity index (χ4n) is 3.10. The Balaban J connectivity index is 1.67. The molecule has 1 atom stereocenters. The summed E-state index contributed by atoms with van der Waals surface area (Å²) in [5, 5.41) is 10.2. The zero-order valence-electron chi connectivity index (χ0n) is 14.7. The number of hydrogen-bond donors (Lipinski definition) is 2. The van der Waals surface area contributed by atoms with Crippen molar-refractivity contribution in [3.63, 3.8) is 0 Å². The first-order valence-corrected chi connectivity index (χ1v) is 8.53. The number of benzene rings is 1. The molecule has 1 fully saturated rings. The number of morpholine rings is 1. The summed E-state index contributed by atoms with van der Waals surface area (Å²) in [5.41, 5.74) is 3.12. The number of ether oxygens (including phenoxy) is 1. The van der Waals surface area contributed by atoms with Crippen molar-refractivity contribution in [1.82, 2.24) is 20.4 Å². The maximum absolute atomic E-state index is 12.6. The molecule has 1 aliphatic rings. The number of amides is 1. The molecule has 1 amide bonds. The van der Waals surface area contributed by atoms with E-state index in [0.717, 1.165) is 43.1 Å². The first-order valence-electron chi connectivity index (χ1n) is 8.53. The predicted molar refractivity (Wildman–Crippen MR) is 96.3 cm³/mol. The second-order valence-corrected chi connectivity index (χ2v) is 6.11. The Hall–Kier alpha value is -2.38. The minimum Gasteiger partial charge on any atom is -0.378 e. The maximum Gasteiger partial charge on any atom is 0.242 e. The van der Waals surface area contributed by atoms with Crippen molar-refractivity contribution in [1.29, 1.82) is 0 Å². The smallest absolute Gasteiger partial charge is 0.242 e. The van der Waals surface area contributed by atoms with E-state index in [-0.39, 0.29) is 5.91 Å². The normalized spacial score (nSPS) is 15.8. The van der Waals surface area contributed by atoms with Crippen molar-refractivity contribution >= 4 is 11.6 Å². The number of carbonyl (C=O) groups is 1. The molecule has 134 valence electrons. The molecule has 0 bridgehead atoms. The van der Waals surface area contributed by atoms with Gasteiger partial charge in [-0.05, 0) is 18.7 Å². The summed E-state index contributed by atoms with van der Waals surface area (Å²) in [4.78, 5) is 14.9. The molecule has 1 unspecified atom stereocenters. The monoisotopic (exact) mass is 343 g/mol. The molecule has 1 aliphatic heterocycles. The molecule has 2 N–H and O–H groups in total. The lowest BCUT2D eigenvalue weighted by Crippen LogP contribution is -2.38. The Kier molecular flexibility index (Phi) is 5.67. The molecular formula is C18H25N5O2. The van der Waals surface area contributed by atoms with E-state index in [4.69, 9.17) is 4.74 Å². The van der Waals surface area contributed by atoms with Gasteiger partial charge >= 0.3 is 0 Å². The summed E-state index contributed by atoms with van der Waals surface area (Å²) in [7, 11) is 3.62. The third-order valence-corrected chi connectivity index (χ3v) is 4.41. The standard InChI is InChI=1S/C18H25N5O2/c1-19-17(15-12-21-22(2)13-15)18(24)20-11-14-5-3-4-6-16(14)23-7-9-25-10-8-23/h3-6,12-13,17,19H,7-11H2,1-2H3,(H,20,24). The van der Waals surface area contributed by atoms with Crippen LogP contribution >= 0.6 is 0 Å². The van der Waals surface area contributed by atoms with Crippen LogP contribution < -0.4 is 15.5 Å². The summed E-state index contributed by atoms with van der Waals surface area (Å²) in [6, 6.07) is 7.78. The molecule has 0 saturated carbocycles. The lowest BCUT2D eigenvalue weighted by Gasteiger charge is -2.30. The largest absolute Gasteiger partial charge is 0.378 e. The van der Waals surface area contributed by atoms with E-state index in [9.17, 15) is 4.79 Å². The van der Waals surface area contributed by atoms with Crippen LogP contribution in [0, 0.1) is 0 Å². The quantitative estimate of drug-likeness (QED) is 0.813. The third-order valence-electron chi connectivity index (χ3n) is 4.41. The van der Waals surface area contributed by atoms with Crippen LogP contribution in [-0.4, -0.2) is 49.0 Å². The molecule has 0 aliphatic carbocycles. The second kappa shape index (κ2) is 8.13. The van der Waals surface area contributed by atoms with E-state index < -0.39 is 6.04 Å². The van der Waals surface area contributed by atoms with Crippen LogP contribution in [0.2, 0.25) is 0 Å². The number of carbonyl (C=O) groups excluding carboxylic acids is 1.